The summed E-state index contributed by atoms with van der Waals surface area (Å²) in [7, 11) is 0. The third-order valence-corrected chi connectivity index (χ3v) is 4.36. The van der Waals surface area contributed by atoms with E-state index in [9.17, 15) is 0 Å². The minimum atomic E-state index is 0.341. The Morgan fingerprint density at radius 1 is 1.35 bits per heavy atom. The zero-order valence-corrected chi connectivity index (χ0v) is 12.4. The van der Waals surface area contributed by atoms with Gasteiger partial charge < -0.3 is 14.8 Å². The van der Waals surface area contributed by atoms with Crippen LogP contribution in [0.15, 0.2) is 18.2 Å². The average molecular weight is 276 g/mol. The molecule has 0 bridgehead atoms. The van der Waals surface area contributed by atoms with Gasteiger partial charge in [-0.3, -0.25) is 4.90 Å². The fourth-order valence-electron chi connectivity index (χ4n) is 3.16. The van der Waals surface area contributed by atoms with Crippen LogP contribution in [-0.2, 0) is 0 Å². The van der Waals surface area contributed by atoms with E-state index >= 15 is 0 Å². The number of nitrogens with one attached hydrogen (secondary N) is 1. The van der Waals surface area contributed by atoms with Crippen LogP contribution in [0.4, 0.5) is 0 Å². The predicted molar refractivity (Wildman–Crippen MR) is 79.3 cm³/mol. The van der Waals surface area contributed by atoms with E-state index in [1.165, 1.54) is 24.9 Å². The quantitative estimate of drug-likeness (QED) is 0.896. The van der Waals surface area contributed by atoms with Crippen LogP contribution in [0, 0.1) is 0 Å². The number of fused-ring (bicyclic) bond motifs is 1. The van der Waals surface area contributed by atoms with Gasteiger partial charge in [-0.25, -0.2) is 0 Å². The minimum Gasteiger partial charge on any atom is -0.454 e. The van der Waals surface area contributed by atoms with E-state index in [1.807, 2.05) is 6.07 Å². The van der Waals surface area contributed by atoms with Crippen molar-refractivity contribution in [3.63, 3.8) is 0 Å². The predicted octanol–water partition coefficient (Wildman–Crippen LogP) is 2.55. The van der Waals surface area contributed by atoms with Crippen molar-refractivity contribution in [3.8, 4) is 11.5 Å². The Kier molecular flexibility index (Phi) is 4.13. The zero-order valence-electron chi connectivity index (χ0n) is 12.4. The van der Waals surface area contributed by atoms with Crippen molar-refractivity contribution < 1.29 is 9.47 Å². The van der Waals surface area contributed by atoms with E-state index in [1.54, 1.807) is 0 Å². The van der Waals surface area contributed by atoms with Crippen LogP contribution in [0.2, 0.25) is 0 Å². The molecule has 1 N–H and O–H groups in total. The molecule has 3 rings (SSSR count). The summed E-state index contributed by atoms with van der Waals surface area (Å²) in [4.78, 5) is 2.58. The largest absolute Gasteiger partial charge is 0.454 e. The van der Waals surface area contributed by atoms with Gasteiger partial charge in [-0.2, -0.15) is 0 Å². The highest BCUT2D eigenvalue weighted by molar-refractivity contribution is 5.45. The Labute approximate surface area is 121 Å². The highest BCUT2D eigenvalue weighted by Crippen LogP contribution is 2.34. The van der Waals surface area contributed by atoms with Gasteiger partial charge in [0.1, 0.15) is 0 Å². The molecule has 0 saturated carbocycles. The monoisotopic (exact) mass is 276 g/mol. The number of likely N-dealkylation sites (N-methyl/N-ethyl adjacent to an activating group) is 1. The summed E-state index contributed by atoms with van der Waals surface area (Å²) in [6.07, 6.45) is 2.64. The van der Waals surface area contributed by atoms with Crippen LogP contribution >= 0.6 is 0 Å². The van der Waals surface area contributed by atoms with E-state index in [-0.39, 0.29) is 0 Å². The molecule has 0 amide bonds. The van der Waals surface area contributed by atoms with E-state index in [2.05, 4.69) is 36.2 Å². The summed E-state index contributed by atoms with van der Waals surface area (Å²) in [5, 5.41) is 3.60. The van der Waals surface area contributed by atoms with Gasteiger partial charge >= 0.3 is 0 Å². The molecule has 1 aromatic rings. The number of hydrogen-bond donors (Lipinski definition) is 1. The molecule has 1 saturated heterocycles. The van der Waals surface area contributed by atoms with E-state index in [4.69, 9.17) is 9.47 Å². The summed E-state index contributed by atoms with van der Waals surface area (Å²) in [5.74, 6) is 1.73. The Balaban J connectivity index is 1.75. The van der Waals surface area contributed by atoms with Crippen molar-refractivity contribution in [1.29, 1.82) is 0 Å². The average Bonchev–Trinajstić information content (AvgIpc) is 3.06. The zero-order chi connectivity index (χ0) is 13.9. The lowest BCUT2D eigenvalue weighted by Crippen LogP contribution is -2.37. The third kappa shape index (κ3) is 2.76. The van der Waals surface area contributed by atoms with Crippen molar-refractivity contribution >= 4 is 0 Å². The number of likely N-dealkylation sites (tertiary alicyclic amines) is 1. The van der Waals surface area contributed by atoms with Crippen molar-refractivity contribution in [2.75, 3.05) is 26.4 Å². The first-order valence-electron chi connectivity index (χ1n) is 7.65. The van der Waals surface area contributed by atoms with E-state index < -0.39 is 0 Å². The van der Waals surface area contributed by atoms with E-state index in [0.717, 1.165) is 24.6 Å². The Morgan fingerprint density at radius 2 is 2.20 bits per heavy atom. The Morgan fingerprint density at radius 3 is 2.95 bits per heavy atom. The number of ether oxygens (including phenoxy) is 2. The summed E-state index contributed by atoms with van der Waals surface area (Å²) in [5.41, 5.74) is 1.29. The summed E-state index contributed by atoms with van der Waals surface area (Å²) >= 11 is 0. The number of rotatable bonds is 5. The molecular formula is C16H24N2O2. The highest BCUT2D eigenvalue weighted by atomic mass is 16.7. The van der Waals surface area contributed by atoms with Gasteiger partial charge in [0.2, 0.25) is 6.79 Å². The topological polar surface area (TPSA) is 33.7 Å². The van der Waals surface area contributed by atoms with Gasteiger partial charge in [0.15, 0.2) is 11.5 Å². The first-order chi connectivity index (χ1) is 9.78. The second-order valence-corrected chi connectivity index (χ2v) is 5.71. The Bertz CT molecular complexity index is 464. The van der Waals surface area contributed by atoms with Gasteiger partial charge in [0, 0.05) is 18.6 Å². The van der Waals surface area contributed by atoms with Crippen LogP contribution in [-0.4, -0.2) is 37.4 Å². The molecule has 4 nitrogen and oxygen atoms in total. The van der Waals surface area contributed by atoms with Crippen LogP contribution in [0.5, 0.6) is 11.5 Å². The fraction of sp³-hybridized carbons (Fsp3) is 0.625. The highest BCUT2D eigenvalue weighted by Gasteiger charge is 2.25. The maximum atomic E-state index is 5.49. The summed E-state index contributed by atoms with van der Waals surface area (Å²) < 4.78 is 10.9. The molecule has 1 aromatic carbocycles. The van der Waals surface area contributed by atoms with Crippen molar-refractivity contribution in [3.05, 3.63) is 23.8 Å². The van der Waals surface area contributed by atoms with Crippen molar-refractivity contribution in [2.45, 2.75) is 38.8 Å². The molecular weight excluding hydrogens is 252 g/mol. The maximum absolute atomic E-state index is 5.49. The molecule has 0 spiro atoms. The van der Waals surface area contributed by atoms with Gasteiger partial charge in [0.25, 0.3) is 0 Å². The van der Waals surface area contributed by atoms with Gasteiger partial charge in [-0.15, -0.1) is 0 Å². The smallest absolute Gasteiger partial charge is 0.231 e. The molecule has 2 aliphatic heterocycles. The Hall–Kier alpha value is -1.26. The molecule has 1 fully saturated rings. The molecule has 2 heterocycles. The maximum Gasteiger partial charge on any atom is 0.231 e. The molecule has 0 radical (unpaired) electrons. The molecule has 2 unspecified atom stereocenters. The van der Waals surface area contributed by atoms with Crippen molar-refractivity contribution in [2.24, 2.45) is 0 Å². The van der Waals surface area contributed by atoms with Gasteiger partial charge in [0.05, 0.1) is 0 Å². The number of nitrogens with zero attached hydrogens (tertiary/aromatic N) is 1. The SMILES string of the molecule is CCNC(CN1CCCC1C)c1ccc2c(c1)OCO2. The first-order valence-corrected chi connectivity index (χ1v) is 7.65. The second-order valence-electron chi connectivity index (χ2n) is 5.71. The molecule has 110 valence electrons. The van der Waals surface area contributed by atoms with Gasteiger partial charge in [-0.1, -0.05) is 13.0 Å². The van der Waals surface area contributed by atoms with Gasteiger partial charge in [-0.05, 0) is 50.6 Å². The number of benzene rings is 1. The number of hydrogen-bond acceptors (Lipinski definition) is 4. The molecule has 20 heavy (non-hydrogen) atoms. The fourth-order valence-corrected chi connectivity index (χ4v) is 3.16. The molecule has 0 aliphatic carbocycles. The van der Waals surface area contributed by atoms with Crippen LogP contribution in [0.25, 0.3) is 0 Å². The minimum absolute atomic E-state index is 0.341. The van der Waals surface area contributed by atoms with E-state index in [0.29, 0.717) is 18.9 Å². The molecule has 2 atom stereocenters. The van der Waals surface area contributed by atoms with Crippen LogP contribution < -0.4 is 14.8 Å². The molecule has 4 heteroatoms. The molecule has 0 aromatic heterocycles. The third-order valence-electron chi connectivity index (χ3n) is 4.36. The summed E-state index contributed by atoms with van der Waals surface area (Å²) in [6.45, 7) is 8.08. The van der Waals surface area contributed by atoms with Crippen molar-refractivity contribution in [1.82, 2.24) is 10.2 Å². The lowest BCUT2D eigenvalue weighted by Gasteiger charge is -2.28. The molecule has 2 aliphatic rings. The first kappa shape index (κ1) is 13.7. The lowest BCUT2D eigenvalue weighted by molar-refractivity contribution is 0.174. The summed E-state index contributed by atoms with van der Waals surface area (Å²) in [6, 6.07) is 7.35. The normalized spacial score (nSPS) is 23.2. The standard InChI is InChI=1S/C16H24N2O2/c1-3-17-14(10-18-8-4-5-12(18)2)13-6-7-15-16(9-13)20-11-19-15/h6-7,9,12,14,17H,3-5,8,10-11H2,1-2H3. The van der Waals surface area contributed by atoms with Crippen LogP contribution in [0.1, 0.15) is 38.3 Å². The lowest BCUT2D eigenvalue weighted by atomic mass is 10.0. The second kappa shape index (κ2) is 6.02. The van der Waals surface area contributed by atoms with Crippen LogP contribution in [0.3, 0.4) is 0 Å².